The fraction of sp³-hybridized carbons (Fsp3) is 0.583. The highest BCUT2D eigenvalue weighted by atomic mass is 16.6. The van der Waals surface area contributed by atoms with Crippen molar-refractivity contribution in [1.82, 2.24) is 30.0 Å². The third kappa shape index (κ3) is 3.36. The molecule has 2 amide bonds. The molecule has 0 aromatic carbocycles. The molecule has 2 aromatic rings. The van der Waals surface area contributed by atoms with Gasteiger partial charge in [0.2, 0.25) is 5.95 Å². The topological polar surface area (TPSA) is 102 Å². The fourth-order valence-corrected chi connectivity index (χ4v) is 1.82. The Hall–Kier alpha value is -2.45. The average Bonchev–Trinajstić information content (AvgIpc) is 2.96. The molecule has 9 nitrogen and oxygen atoms in total. The van der Waals surface area contributed by atoms with Crippen molar-refractivity contribution in [2.24, 2.45) is 0 Å². The van der Waals surface area contributed by atoms with E-state index >= 15 is 0 Å². The first kappa shape index (κ1) is 14.9. The molecule has 0 bridgehead atoms. The van der Waals surface area contributed by atoms with Gasteiger partial charge in [-0.15, -0.1) is 5.10 Å². The van der Waals surface area contributed by atoms with Gasteiger partial charge in [0, 0.05) is 13.1 Å². The third-order valence-corrected chi connectivity index (χ3v) is 2.99. The average molecular weight is 293 g/mol. The van der Waals surface area contributed by atoms with Crippen LogP contribution in [-0.2, 0) is 6.54 Å². The zero-order chi connectivity index (χ0) is 15.6. The lowest BCUT2D eigenvalue weighted by molar-refractivity contribution is 0.218. The van der Waals surface area contributed by atoms with Gasteiger partial charge in [0.25, 0.3) is 0 Å². The van der Waals surface area contributed by atoms with Crippen LogP contribution in [0, 0.1) is 13.8 Å². The number of carbonyl (C=O) groups is 1. The first-order valence-electron chi connectivity index (χ1n) is 6.61. The van der Waals surface area contributed by atoms with Gasteiger partial charge < -0.3 is 4.90 Å². The van der Waals surface area contributed by atoms with Crippen LogP contribution in [-0.4, -0.2) is 43.1 Å². The Morgan fingerprint density at radius 3 is 2.62 bits per heavy atom. The van der Waals surface area contributed by atoms with Crippen molar-refractivity contribution in [3.05, 3.63) is 17.2 Å². The van der Waals surface area contributed by atoms with Crippen LogP contribution in [0.15, 0.2) is 4.63 Å². The summed E-state index contributed by atoms with van der Waals surface area (Å²) in [5.41, 5.74) is 1.28. The number of aromatic nitrogens is 5. The largest absolute Gasteiger partial charge is 0.324 e. The molecule has 0 saturated carbocycles. The third-order valence-electron chi connectivity index (χ3n) is 2.99. The summed E-state index contributed by atoms with van der Waals surface area (Å²) in [4.78, 5) is 17.8. The highest BCUT2D eigenvalue weighted by molar-refractivity contribution is 5.87. The fourth-order valence-electron chi connectivity index (χ4n) is 1.82. The lowest BCUT2D eigenvalue weighted by Gasteiger charge is -2.15. The summed E-state index contributed by atoms with van der Waals surface area (Å²) in [6, 6.07) is -0.136. The van der Waals surface area contributed by atoms with E-state index in [0.29, 0.717) is 17.9 Å². The maximum atomic E-state index is 12.1. The molecule has 0 aliphatic carbocycles. The number of nitrogens with one attached hydrogen (secondary N) is 1. The molecule has 0 fully saturated rings. The zero-order valence-electron chi connectivity index (χ0n) is 12.8. The van der Waals surface area contributed by atoms with E-state index in [-0.39, 0.29) is 18.0 Å². The van der Waals surface area contributed by atoms with Gasteiger partial charge in [-0.2, -0.15) is 4.98 Å². The Bertz CT molecular complexity index is 631. The Morgan fingerprint density at radius 2 is 2.10 bits per heavy atom. The summed E-state index contributed by atoms with van der Waals surface area (Å²) in [7, 11) is 1.65. The Labute approximate surface area is 122 Å². The molecule has 2 aromatic heterocycles. The normalized spacial score (nSPS) is 11.0. The predicted octanol–water partition coefficient (Wildman–Crippen LogP) is 1.52. The van der Waals surface area contributed by atoms with Crippen LogP contribution in [0.1, 0.15) is 37.1 Å². The molecule has 1 N–H and O–H groups in total. The summed E-state index contributed by atoms with van der Waals surface area (Å²) < 4.78 is 6.35. The van der Waals surface area contributed by atoms with Crippen LogP contribution in [0.5, 0.6) is 0 Å². The lowest BCUT2D eigenvalue weighted by atomic mass is 10.3. The molecule has 21 heavy (non-hydrogen) atoms. The number of carbonyl (C=O) groups excluding carboxylic acids is 1. The number of hydrogen-bond donors (Lipinski definition) is 1. The summed E-state index contributed by atoms with van der Waals surface area (Å²) in [6.45, 7) is 7.91. The molecular weight excluding hydrogens is 274 g/mol. The van der Waals surface area contributed by atoms with Crippen LogP contribution >= 0.6 is 0 Å². The van der Waals surface area contributed by atoms with Crippen LogP contribution in [0.2, 0.25) is 0 Å². The maximum absolute atomic E-state index is 12.1. The summed E-state index contributed by atoms with van der Waals surface area (Å²) in [6.07, 6.45) is 0. The zero-order valence-corrected chi connectivity index (χ0v) is 12.8. The number of amides is 2. The van der Waals surface area contributed by atoms with Crippen molar-refractivity contribution < 1.29 is 9.42 Å². The molecule has 0 unspecified atom stereocenters. The van der Waals surface area contributed by atoms with E-state index in [9.17, 15) is 4.79 Å². The smallest absolute Gasteiger partial charge is 0.321 e. The second kappa shape index (κ2) is 5.90. The minimum atomic E-state index is -0.321. The number of anilines is 1. The second-order valence-corrected chi connectivity index (χ2v) is 5.10. The van der Waals surface area contributed by atoms with E-state index in [1.807, 2.05) is 20.8 Å². The SMILES string of the molecule is Cc1nonc1CN(C)C(=O)Nc1nc(C)n(C(C)C)n1. The van der Waals surface area contributed by atoms with Crippen molar-refractivity contribution in [3.8, 4) is 0 Å². The van der Waals surface area contributed by atoms with Gasteiger partial charge in [0.15, 0.2) is 0 Å². The van der Waals surface area contributed by atoms with Crippen molar-refractivity contribution in [2.75, 3.05) is 12.4 Å². The van der Waals surface area contributed by atoms with Crippen molar-refractivity contribution in [2.45, 2.75) is 40.3 Å². The monoisotopic (exact) mass is 293 g/mol. The van der Waals surface area contributed by atoms with Gasteiger partial charge >= 0.3 is 6.03 Å². The van der Waals surface area contributed by atoms with Crippen molar-refractivity contribution >= 4 is 12.0 Å². The number of urea groups is 1. The molecule has 0 aliphatic rings. The van der Waals surface area contributed by atoms with Gasteiger partial charge in [-0.3, -0.25) is 5.32 Å². The van der Waals surface area contributed by atoms with Crippen LogP contribution in [0.25, 0.3) is 0 Å². The molecular formula is C12H19N7O2. The molecule has 0 radical (unpaired) electrons. The van der Waals surface area contributed by atoms with E-state index in [0.717, 1.165) is 5.82 Å². The predicted molar refractivity (Wildman–Crippen MR) is 74.7 cm³/mol. The highest BCUT2D eigenvalue weighted by Crippen LogP contribution is 2.10. The highest BCUT2D eigenvalue weighted by Gasteiger charge is 2.16. The van der Waals surface area contributed by atoms with E-state index in [1.54, 1.807) is 18.7 Å². The van der Waals surface area contributed by atoms with Crippen LogP contribution in [0.4, 0.5) is 10.7 Å². The number of aryl methyl sites for hydroxylation is 2. The molecule has 0 saturated heterocycles. The van der Waals surface area contributed by atoms with E-state index in [1.165, 1.54) is 4.90 Å². The molecule has 2 heterocycles. The molecule has 2 rings (SSSR count). The first-order chi connectivity index (χ1) is 9.88. The number of nitrogens with zero attached hydrogens (tertiary/aromatic N) is 6. The van der Waals surface area contributed by atoms with E-state index in [2.05, 4.69) is 30.3 Å². The van der Waals surface area contributed by atoms with Crippen molar-refractivity contribution in [1.29, 1.82) is 0 Å². The van der Waals surface area contributed by atoms with Gasteiger partial charge in [-0.25, -0.2) is 14.1 Å². The second-order valence-electron chi connectivity index (χ2n) is 5.10. The summed E-state index contributed by atoms with van der Waals surface area (Å²) >= 11 is 0. The molecule has 0 atom stereocenters. The van der Waals surface area contributed by atoms with Crippen LogP contribution < -0.4 is 5.32 Å². The number of rotatable bonds is 4. The summed E-state index contributed by atoms with van der Waals surface area (Å²) in [5, 5.41) is 14.3. The van der Waals surface area contributed by atoms with Gasteiger partial charge in [0.1, 0.15) is 17.2 Å². The van der Waals surface area contributed by atoms with E-state index in [4.69, 9.17) is 0 Å². The van der Waals surface area contributed by atoms with Gasteiger partial charge in [0.05, 0.1) is 6.54 Å². The lowest BCUT2D eigenvalue weighted by Crippen LogP contribution is -2.31. The maximum Gasteiger partial charge on any atom is 0.324 e. The minimum Gasteiger partial charge on any atom is -0.321 e. The number of hydrogen-bond acceptors (Lipinski definition) is 6. The Morgan fingerprint density at radius 1 is 1.38 bits per heavy atom. The standard InChI is InChI=1S/C12H19N7O2/c1-7(2)19-9(4)13-11(15-19)14-12(20)18(5)6-10-8(3)16-21-17-10/h7H,6H2,1-5H3,(H,14,15,20). The Balaban J connectivity index is 2.01. The van der Waals surface area contributed by atoms with Crippen LogP contribution in [0.3, 0.4) is 0 Å². The molecule has 9 heteroatoms. The Kier molecular flexibility index (Phi) is 4.20. The molecule has 0 spiro atoms. The molecule has 114 valence electrons. The van der Waals surface area contributed by atoms with E-state index < -0.39 is 0 Å². The molecule has 0 aliphatic heterocycles. The quantitative estimate of drug-likeness (QED) is 0.917. The van der Waals surface area contributed by atoms with Gasteiger partial charge in [-0.05, 0) is 27.7 Å². The summed E-state index contributed by atoms with van der Waals surface area (Å²) in [5.74, 6) is 1.03. The first-order valence-corrected chi connectivity index (χ1v) is 6.61. The van der Waals surface area contributed by atoms with Crippen molar-refractivity contribution in [3.63, 3.8) is 0 Å². The van der Waals surface area contributed by atoms with Gasteiger partial charge in [-0.1, -0.05) is 10.3 Å². The minimum absolute atomic E-state index is 0.185.